The predicted octanol–water partition coefficient (Wildman–Crippen LogP) is 3.03. The van der Waals surface area contributed by atoms with Gasteiger partial charge in [0.15, 0.2) is 11.5 Å². The minimum absolute atomic E-state index is 0.0399. The minimum atomic E-state index is -0.190. The van der Waals surface area contributed by atoms with E-state index in [1.165, 1.54) is 13.2 Å². The molecule has 2 N–H and O–H groups in total. The first kappa shape index (κ1) is 18.6. The predicted molar refractivity (Wildman–Crippen MR) is 97.5 cm³/mol. The summed E-state index contributed by atoms with van der Waals surface area (Å²) in [4.78, 5) is 12.3. The maximum atomic E-state index is 12.3. The van der Waals surface area contributed by atoms with Gasteiger partial charge in [-0.05, 0) is 44.0 Å². The van der Waals surface area contributed by atoms with Crippen LogP contribution in [0.25, 0.3) is 6.08 Å². The number of nitrogens with one attached hydrogen (secondary N) is 1. The number of rotatable bonds is 6. The molecule has 0 aliphatic carbocycles. The molecule has 1 aromatic carbocycles. The molecular formula is C19H25N3O3. The third-order valence-corrected chi connectivity index (χ3v) is 4.27. The highest BCUT2D eigenvalue weighted by Crippen LogP contribution is 2.27. The second kappa shape index (κ2) is 7.88. The summed E-state index contributed by atoms with van der Waals surface area (Å²) in [5.74, 6) is 0.248. The van der Waals surface area contributed by atoms with Gasteiger partial charge in [-0.2, -0.15) is 5.10 Å². The molecule has 0 saturated heterocycles. The molecule has 0 aliphatic rings. The SMILES string of the molecule is CCC(NC(=O)/C=C/c1ccc(OC)c(O)c1)c1c(C)nn(C)c1C. The number of ether oxygens (including phenoxy) is 1. The van der Waals surface area contributed by atoms with Crippen LogP contribution in [0.3, 0.4) is 0 Å². The molecule has 6 heteroatoms. The lowest BCUT2D eigenvalue weighted by Gasteiger charge is -2.17. The smallest absolute Gasteiger partial charge is 0.244 e. The van der Waals surface area contributed by atoms with Gasteiger partial charge in [0, 0.05) is 24.4 Å². The second-order valence-corrected chi connectivity index (χ2v) is 5.94. The maximum absolute atomic E-state index is 12.3. The second-order valence-electron chi connectivity index (χ2n) is 5.94. The lowest BCUT2D eigenvalue weighted by Crippen LogP contribution is -2.27. The highest BCUT2D eigenvalue weighted by Gasteiger charge is 2.19. The Labute approximate surface area is 148 Å². The zero-order valence-corrected chi connectivity index (χ0v) is 15.3. The van der Waals surface area contributed by atoms with Crippen molar-refractivity contribution >= 4 is 12.0 Å². The minimum Gasteiger partial charge on any atom is -0.504 e. The fraction of sp³-hybridized carbons (Fsp3) is 0.368. The molecule has 134 valence electrons. The lowest BCUT2D eigenvalue weighted by atomic mass is 10.0. The van der Waals surface area contributed by atoms with E-state index in [0.717, 1.165) is 28.9 Å². The maximum Gasteiger partial charge on any atom is 0.244 e. The summed E-state index contributed by atoms with van der Waals surface area (Å²) < 4.78 is 6.83. The Kier molecular flexibility index (Phi) is 5.85. The van der Waals surface area contributed by atoms with Gasteiger partial charge in [-0.15, -0.1) is 0 Å². The number of methoxy groups -OCH3 is 1. The number of nitrogens with zero attached hydrogens (tertiary/aromatic N) is 2. The normalized spacial score (nSPS) is 12.4. The number of amides is 1. The van der Waals surface area contributed by atoms with Crippen LogP contribution in [0.15, 0.2) is 24.3 Å². The van der Waals surface area contributed by atoms with Crippen LogP contribution < -0.4 is 10.1 Å². The van der Waals surface area contributed by atoms with Crippen LogP contribution in [0, 0.1) is 13.8 Å². The summed E-state index contributed by atoms with van der Waals surface area (Å²) in [5.41, 5.74) is 3.76. The number of benzene rings is 1. The van der Waals surface area contributed by atoms with Crippen molar-refractivity contribution in [3.63, 3.8) is 0 Å². The average Bonchev–Trinajstić information content (AvgIpc) is 2.83. The number of phenols is 1. The van der Waals surface area contributed by atoms with Crippen LogP contribution in [-0.2, 0) is 11.8 Å². The fourth-order valence-electron chi connectivity index (χ4n) is 2.88. The zero-order valence-electron chi connectivity index (χ0n) is 15.3. The molecule has 25 heavy (non-hydrogen) atoms. The Balaban J connectivity index is 2.11. The molecule has 1 atom stereocenters. The Hall–Kier alpha value is -2.76. The van der Waals surface area contributed by atoms with E-state index in [1.54, 1.807) is 24.3 Å². The summed E-state index contributed by atoms with van der Waals surface area (Å²) in [6, 6.07) is 4.89. The molecule has 0 bridgehead atoms. The van der Waals surface area contributed by atoms with E-state index in [4.69, 9.17) is 4.74 Å². The molecule has 0 radical (unpaired) electrons. The highest BCUT2D eigenvalue weighted by atomic mass is 16.5. The average molecular weight is 343 g/mol. The summed E-state index contributed by atoms with van der Waals surface area (Å²) >= 11 is 0. The van der Waals surface area contributed by atoms with Gasteiger partial charge in [-0.1, -0.05) is 13.0 Å². The quantitative estimate of drug-likeness (QED) is 0.791. The lowest BCUT2D eigenvalue weighted by molar-refractivity contribution is -0.117. The molecule has 1 amide bonds. The van der Waals surface area contributed by atoms with Gasteiger partial charge in [-0.3, -0.25) is 9.48 Å². The molecular weight excluding hydrogens is 318 g/mol. The number of phenolic OH excluding ortho intramolecular Hbond substituents is 1. The van der Waals surface area contributed by atoms with Gasteiger partial charge in [0.05, 0.1) is 18.8 Å². The number of carbonyl (C=O) groups excluding carboxylic acids is 1. The zero-order chi connectivity index (χ0) is 18.6. The molecule has 1 unspecified atom stereocenters. The molecule has 1 heterocycles. The van der Waals surface area contributed by atoms with E-state index in [-0.39, 0.29) is 17.7 Å². The van der Waals surface area contributed by atoms with Crippen molar-refractivity contribution in [2.24, 2.45) is 7.05 Å². The van der Waals surface area contributed by atoms with Crippen LogP contribution in [-0.4, -0.2) is 27.9 Å². The van der Waals surface area contributed by atoms with E-state index < -0.39 is 0 Å². The molecule has 2 aromatic rings. The van der Waals surface area contributed by atoms with E-state index in [9.17, 15) is 9.90 Å². The Morgan fingerprint density at radius 1 is 1.44 bits per heavy atom. The monoisotopic (exact) mass is 343 g/mol. The van der Waals surface area contributed by atoms with Gasteiger partial charge in [0.1, 0.15) is 0 Å². The molecule has 6 nitrogen and oxygen atoms in total. The van der Waals surface area contributed by atoms with E-state index in [0.29, 0.717) is 5.75 Å². The van der Waals surface area contributed by atoms with Crippen molar-refractivity contribution in [2.75, 3.05) is 7.11 Å². The van der Waals surface area contributed by atoms with Crippen molar-refractivity contribution < 1.29 is 14.6 Å². The Morgan fingerprint density at radius 3 is 2.68 bits per heavy atom. The first-order chi connectivity index (χ1) is 11.9. The summed E-state index contributed by atoms with van der Waals surface area (Å²) in [6.07, 6.45) is 3.89. The number of aromatic nitrogens is 2. The van der Waals surface area contributed by atoms with Gasteiger partial charge >= 0.3 is 0 Å². The van der Waals surface area contributed by atoms with Gasteiger partial charge in [-0.25, -0.2) is 0 Å². The van der Waals surface area contributed by atoms with Crippen molar-refractivity contribution in [3.05, 3.63) is 46.8 Å². The van der Waals surface area contributed by atoms with Crippen molar-refractivity contribution in [2.45, 2.75) is 33.2 Å². The summed E-state index contributed by atoms with van der Waals surface area (Å²) in [7, 11) is 3.39. The van der Waals surface area contributed by atoms with Crippen molar-refractivity contribution in [1.29, 1.82) is 0 Å². The summed E-state index contributed by atoms with van der Waals surface area (Å²) in [5, 5.41) is 17.2. The molecule has 0 fully saturated rings. The first-order valence-electron chi connectivity index (χ1n) is 8.23. The first-order valence-corrected chi connectivity index (χ1v) is 8.23. The largest absolute Gasteiger partial charge is 0.504 e. The van der Waals surface area contributed by atoms with E-state index in [2.05, 4.69) is 10.4 Å². The summed E-state index contributed by atoms with van der Waals surface area (Å²) in [6.45, 7) is 5.98. The van der Waals surface area contributed by atoms with Gasteiger partial charge < -0.3 is 15.2 Å². The molecule has 0 saturated carbocycles. The van der Waals surface area contributed by atoms with Crippen LogP contribution >= 0.6 is 0 Å². The molecule has 2 rings (SSSR count). The molecule has 0 aliphatic heterocycles. The highest BCUT2D eigenvalue weighted by molar-refractivity contribution is 5.92. The molecule has 1 aromatic heterocycles. The van der Waals surface area contributed by atoms with Crippen LogP contribution in [0.4, 0.5) is 0 Å². The van der Waals surface area contributed by atoms with Crippen LogP contribution in [0.1, 0.15) is 41.9 Å². The Bertz CT molecular complexity index is 793. The topological polar surface area (TPSA) is 76.4 Å². The van der Waals surface area contributed by atoms with E-state index >= 15 is 0 Å². The number of hydrogen-bond acceptors (Lipinski definition) is 4. The third-order valence-electron chi connectivity index (χ3n) is 4.27. The third kappa shape index (κ3) is 4.21. The number of hydrogen-bond donors (Lipinski definition) is 2. The number of aryl methyl sites for hydroxylation is 2. The standard InChI is InChI=1S/C19H25N3O3/c1-6-15(19-12(2)21-22(4)13(19)3)20-18(24)10-8-14-7-9-17(25-5)16(23)11-14/h7-11,15,23H,6H2,1-5H3,(H,20,24)/b10-8+. The van der Waals surface area contributed by atoms with Crippen LogP contribution in [0.5, 0.6) is 11.5 Å². The van der Waals surface area contributed by atoms with Crippen molar-refractivity contribution in [1.82, 2.24) is 15.1 Å². The number of carbonyl (C=O) groups is 1. The fourth-order valence-corrected chi connectivity index (χ4v) is 2.88. The number of aromatic hydroxyl groups is 1. The van der Waals surface area contributed by atoms with Gasteiger partial charge in [0.25, 0.3) is 0 Å². The van der Waals surface area contributed by atoms with E-state index in [1.807, 2.05) is 32.5 Å². The Morgan fingerprint density at radius 2 is 2.16 bits per heavy atom. The molecule has 0 spiro atoms. The van der Waals surface area contributed by atoms with Gasteiger partial charge in [0.2, 0.25) is 5.91 Å². The van der Waals surface area contributed by atoms with Crippen molar-refractivity contribution in [3.8, 4) is 11.5 Å². The van der Waals surface area contributed by atoms with Crippen LogP contribution in [0.2, 0.25) is 0 Å².